The molecule has 0 saturated heterocycles. The second kappa shape index (κ2) is 10.6. The van der Waals surface area contributed by atoms with Gasteiger partial charge in [-0.2, -0.15) is 15.8 Å². The molecule has 0 amide bonds. The van der Waals surface area contributed by atoms with Crippen LogP contribution in [0.15, 0.2) is 71.5 Å². The first-order valence-electron chi connectivity index (χ1n) is 12.1. The maximum atomic E-state index is 10.4. The monoisotopic (exact) mass is 479 g/mol. The lowest BCUT2D eigenvalue weighted by molar-refractivity contribution is 0.200. The summed E-state index contributed by atoms with van der Waals surface area (Å²) in [5.41, 5.74) is 7.75. The van der Waals surface area contributed by atoms with Crippen molar-refractivity contribution in [2.24, 2.45) is 17.1 Å². The van der Waals surface area contributed by atoms with Gasteiger partial charge >= 0.3 is 0 Å². The van der Waals surface area contributed by atoms with Crippen LogP contribution in [-0.2, 0) is 6.54 Å². The SMILES string of the molecule is CCOc1ccc([C@H]2[C@H]3CN(Cc4ccccc4)CC=C3C(C#N)=C(N)C2(C#N)C#N)cc1OCC. The number of nitrogens with zero attached hydrogens (tertiary/aromatic N) is 4. The lowest BCUT2D eigenvalue weighted by atomic mass is 9.58. The summed E-state index contributed by atoms with van der Waals surface area (Å²) in [5.74, 6) is 0.281. The molecule has 0 fully saturated rings. The number of ether oxygens (including phenoxy) is 2. The Morgan fingerprint density at radius 2 is 1.69 bits per heavy atom. The van der Waals surface area contributed by atoms with Gasteiger partial charge in [-0.15, -0.1) is 0 Å². The Morgan fingerprint density at radius 1 is 1.00 bits per heavy atom. The number of benzene rings is 2. The van der Waals surface area contributed by atoms with E-state index in [4.69, 9.17) is 15.2 Å². The van der Waals surface area contributed by atoms with Crippen LogP contribution in [-0.4, -0.2) is 31.2 Å². The molecule has 0 radical (unpaired) electrons. The third kappa shape index (κ3) is 4.29. The molecule has 0 bridgehead atoms. The summed E-state index contributed by atoms with van der Waals surface area (Å²) in [6, 6.07) is 22.3. The fraction of sp³-hybridized carbons (Fsp3) is 0.345. The van der Waals surface area contributed by atoms with E-state index in [1.807, 2.05) is 56.3 Å². The van der Waals surface area contributed by atoms with E-state index >= 15 is 0 Å². The molecule has 4 rings (SSSR count). The molecule has 2 N–H and O–H groups in total. The number of nitriles is 3. The third-order valence-corrected chi connectivity index (χ3v) is 6.92. The van der Waals surface area contributed by atoms with Crippen LogP contribution in [0.1, 0.15) is 30.9 Å². The van der Waals surface area contributed by atoms with Gasteiger partial charge in [0.05, 0.1) is 36.6 Å². The smallest absolute Gasteiger partial charge is 0.191 e. The van der Waals surface area contributed by atoms with E-state index in [2.05, 4.69) is 35.2 Å². The van der Waals surface area contributed by atoms with Gasteiger partial charge in [0.25, 0.3) is 0 Å². The van der Waals surface area contributed by atoms with E-state index in [9.17, 15) is 15.8 Å². The van der Waals surface area contributed by atoms with Crippen molar-refractivity contribution in [1.82, 2.24) is 4.90 Å². The predicted octanol–water partition coefficient (Wildman–Crippen LogP) is 4.41. The molecule has 0 saturated carbocycles. The van der Waals surface area contributed by atoms with Crippen LogP contribution in [0.25, 0.3) is 0 Å². The molecule has 7 heteroatoms. The molecule has 182 valence electrons. The molecule has 0 aromatic heterocycles. The largest absolute Gasteiger partial charge is 0.490 e. The van der Waals surface area contributed by atoms with E-state index in [1.54, 1.807) is 0 Å². The number of allylic oxidation sites excluding steroid dienone is 2. The summed E-state index contributed by atoms with van der Waals surface area (Å²) in [7, 11) is 0. The lowest BCUT2D eigenvalue weighted by Gasteiger charge is -2.45. The van der Waals surface area contributed by atoms with Crippen molar-refractivity contribution in [3.8, 4) is 29.7 Å². The normalized spacial score (nSPS) is 20.8. The minimum absolute atomic E-state index is 0.0193. The molecule has 1 aliphatic carbocycles. The van der Waals surface area contributed by atoms with Crippen LogP contribution in [0.3, 0.4) is 0 Å². The fourth-order valence-electron chi connectivity index (χ4n) is 5.35. The van der Waals surface area contributed by atoms with Crippen molar-refractivity contribution in [2.75, 3.05) is 26.3 Å². The summed E-state index contributed by atoms with van der Waals surface area (Å²) in [6.45, 7) is 6.65. The van der Waals surface area contributed by atoms with Gasteiger partial charge in [0.15, 0.2) is 16.9 Å². The van der Waals surface area contributed by atoms with Crippen molar-refractivity contribution in [3.05, 3.63) is 82.6 Å². The molecule has 1 heterocycles. The Kier molecular flexibility index (Phi) is 7.30. The Morgan fingerprint density at radius 3 is 2.33 bits per heavy atom. The highest BCUT2D eigenvalue weighted by molar-refractivity contribution is 5.60. The summed E-state index contributed by atoms with van der Waals surface area (Å²) >= 11 is 0. The lowest BCUT2D eigenvalue weighted by Crippen LogP contribution is -2.47. The molecule has 1 aliphatic heterocycles. The molecule has 0 unspecified atom stereocenters. The Bertz CT molecular complexity index is 1300. The van der Waals surface area contributed by atoms with Gasteiger partial charge in [0.2, 0.25) is 0 Å². The zero-order chi connectivity index (χ0) is 25.7. The van der Waals surface area contributed by atoms with E-state index in [1.165, 1.54) is 5.56 Å². The van der Waals surface area contributed by atoms with Crippen LogP contribution < -0.4 is 15.2 Å². The van der Waals surface area contributed by atoms with Gasteiger partial charge in [-0.25, -0.2) is 0 Å². The molecular weight excluding hydrogens is 450 g/mol. The standard InChI is InChI=1S/C29H29N5O2/c1-3-35-25-11-10-21(14-26(25)36-4-2)27-24-17-34(16-20-8-6-5-7-9-20)13-12-22(24)23(15-30)28(33)29(27,18-31)19-32/h5-12,14,24,27H,3-4,13,16-17,33H2,1-2H3/t24-,27-/m0/s1. The minimum Gasteiger partial charge on any atom is -0.490 e. The van der Waals surface area contributed by atoms with Crippen LogP contribution >= 0.6 is 0 Å². The van der Waals surface area contributed by atoms with Crippen molar-refractivity contribution < 1.29 is 9.47 Å². The summed E-state index contributed by atoms with van der Waals surface area (Å²) in [4.78, 5) is 2.27. The first kappa shape index (κ1) is 24.9. The Balaban J connectivity index is 1.86. The number of hydrogen-bond acceptors (Lipinski definition) is 7. The van der Waals surface area contributed by atoms with Gasteiger partial charge in [0.1, 0.15) is 6.07 Å². The van der Waals surface area contributed by atoms with Crippen molar-refractivity contribution >= 4 is 0 Å². The van der Waals surface area contributed by atoms with Gasteiger partial charge in [-0.1, -0.05) is 42.5 Å². The van der Waals surface area contributed by atoms with Crippen molar-refractivity contribution in [1.29, 1.82) is 15.8 Å². The van der Waals surface area contributed by atoms with Gasteiger partial charge in [-0.05, 0) is 42.7 Å². The van der Waals surface area contributed by atoms with Crippen molar-refractivity contribution in [2.45, 2.75) is 26.3 Å². The molecule has 2 aromatic rings. The van der Waals surface area contributed by atoms with E-state index in [-0.39, 0.29) is 17.2 Å². The molecular formula is C29H29N5O2. The number of hydrogen-bond donors (Lipinski definition) is 1. The van der Waals surface area contributed by atoms with Crippen molar-refractivity contribution in [3.63, 3.8) is 0 Å². The van der Waals surface area contributed by atoms with Gasteiger partial charge in [0, 0.05) is 31.5 Å². The fourth-order valence-corrected chi connectivity index (χ4v) is 5.35. The van der Waals surface area contributed by atoms with Gasteiger partial charge in [-0.3, -0.25) is 4.90 Å². The zero-order valence-electron chi connectivity index (χ0n) is 20.6. The third-order valence-electron chi connectivity index (χ3n) is 6.92. The topological polar surface area (TPSA) is 119 Å². The number of rotatable bonds is 7. The van der Waals surface area contributed by atoms with Crippen LogP contribution in [0.2, 0.25) is 0 Å². The van der Waals surface area contributed by atoms with E-state index < -0.39 is 11.3 Å². The highest BCUT2D eigenvalue weighted by atomic mass is 16.5. The molecule has 2 aromatic carbocycles. The molecule has 0 spiro atoms. The van der Waals surface area contributed by atoms with Crippen LogP contribution in [0, 0.1) is 45.3 Å². The Hall–Kier alpha value is -4.25. The van der Waals surface area contributed by atoms with E-state index in [0.29, 0.717) is 44.3 Å². The average Bonchev–Trinajstić information content (AvgIpc) is 2.90. The van der Waals surface area contributed by atoms with Crippen LogP contribution in [0.4, 0.5) is 0 Å². The molecule has 2 aliphatic rings. The second-order valence-electron chi connectivity index (χ2n) is 8.93. The first-order valence-corrected chi connectivity index (χ1v) is 12.1. The number of nitrogens with two attached hydrogens (primary N) is 1. The summed E-state index contributed by atoms with van der Waals surface area (Å²) < 4.78 is 11.6. The van der Waals surface area contributed by atoms with Crippen LogP contribution in [0.5, 0.6) is 11.5 Å². The maximum Gasteiger partial charge on any atom is 0.191 e. The highest BCUT2D eigenvalue weighted by Gasteiger charge is 2.54. The molecule has 36 heavy (non-hydrogen) atoms. The van der Waals surface area contributed by atoms with Gasteiger partial charge < -0.3 is 15.2 Å². The molecule has 2 atom stereocenters. The second-order valence-corrected chi connectivity index (χ2v) is 8.93. The average molecular weight is 480 g/mol. The van der Waals surface area contributed by atoms with E-state index in [0.717, 1.165) is 11.1 Å². The zero-order valence-corrected chi connectivity index (χ0v) is 20.6. The summed E-state index contributed by atoms with van der Waals surface area (Å²) in [5, 5.41) is 30.7. The highest BCUT2D eigenvalue weighted by Crippen LogP contribution is 2.55. The predicted molar refractivity (Wildman–Crippen MR) is 135 cm³/mol. The first-order chi connectivity index (χ1) is 17.5. The molecule has 7 nitrogen and oxygen atoms in total. The minimum atomic E-state index is -1.69. The summed E-state index contributed by atoms with van der Waals surface area (Å²) in [6.07, 6.45) is 2.02. The maximum absolute atomic E-state index is 10.4. The quantitative estimate of drug-likeness (QED) is 0.625. The Labute approximate surface area is 212 Å². The number of fused-ring (bicyclic) bond motifs is 1.